The number of nitrogens with zero attached hydrogens (tertiary/aromatic N) is 1. The first-order valence-corrected chi connectivity index (χ1v) is 6.49. The molecule has 6 nitrogen and oxygen atoms in total. The fourth-order valence-corrected chi connectivity index (χ4v) is 1.65. The molecule has 0 aliphatic carbocycles. The largest absolute Gasteiger partial charge is 0.444 e. The molecule has 0 atom stereocenters. The maximum absolute atomic E-state index is 12.0. The van der Waals surface area contributed by atoms with Gasteiger partial charge in [-0.1, -0.05) is 0 Å². The number of rotatable bonds is 3. The van der Waals surface area contributed by atoms with E-state index in [2.05, 4.69) is 15.3 Å². The second-order valence-corrected chi connectivity index (χ2v) is 5.47. The molecule has 21 heavy (non-hydrogen) atoms. The number of anilines is 1. The molecule has 0 unspecified atom stereocenters. The average molecular weight is 287 g/mol. The van der Waals surface area contributed by atoms with Crippen LogP contribution in [0.5, 0.6) is 0 Å². The van der Waals surface area contributed by atoms with Gasteiger partial charge in [-0.25, -0.2) is 9.78 Å². The summed E-state index contributed by atoms with van der Waals surface area (Å²) in [5.74, 6) is 0.0756. The number of amides is 1. The van der Waals surface area contributed by atoms with Crippen LogP contribution in [0.15, 0.2) is 36.7 Å². The van der Waals surface area contributed by atoms with Crippen LogP contribution in [0.3, 0.4) is 0 Å². The smallest absolute Gasteiger partial charge is 0.412 e. The Labute approximate surface area is 122 Å². The zero-order valence-electron chi connectivity index (χ0n) is 12.1. The van der Waals surface area contributed by atoms with E-state index in [4.69, 9.17) is 4.74 Å². The van der Waals surface area contributed by atoms with E-state index in [0.717, 1.165) is 0 Å². The van der Waals surface area contributed by atoms with E-state index in [1.807, 2.05) is 0 Å². The summed E-state index contributed by atoms with van der Waals surface area (Å²) in [5.41, 5.74) is 0.485. The van der Waals surface area contributed by atoms with Crippen LogP contribution in [0.4, 0.5) is 10.5 Å². The highest BCUT2D eigenvalue weighted by atomic mass is 16.6. The molecule has 2 N–H and O–H groups in total. The van der Waals surface area contributed by atoms with E-state index < -0.39 is 11.7 Å². The summed E-state index contributed by atoms with van der Waals surface area (Å²) < 4.78 is 5.15. The highest BCUT2D eigenvalue weighted by Crippen LogP contribution is 2.14. The van der Waals surface area contributed by atoms with Gasteiger partial charge in [0.25, 0.3) is 0 Å². The lowest BCUT2D eigenvalue weighted by molar-refractivity contribution is 0.0636. The van der Waals surface area contributed by atoms with Crippen molar-refractivity contribution in [3.63, 3.8) is 0 Å². The zero-order valence-corrected chi connectivity index (χ0v) is 12.1. The number of aromatic amines is 1. The van der Waals surface area contributed by atoms with Gasteiger partial charge in [-0.05, 0) is 45.0 Å². The van der Waals surface area contributed by atoms with E-state index >= 15 is 0 Å². The number of imidazole rings is 1. The number of ether oxygens (including phenoxy) is 1. The number of hydrogen-bond acceptors (Lipinski definition) is 4. The molecule has 1 aromatic heterocycles. The minimum Gasteiger partial charge on any atom is -0.444 e. The molecule has 1 heterocycles. The number of hydrogen-bond donors (Lipinski definition) is 2. The summed E-state index contributed by atoms with van der Waals surface area (Å²) in [6.07, 6.45) is 2.57. The predicted octanol–water partition coefficient (Wildman–Crippen LogP) is 2.99. The van der Waals surface area contributed by atoms with E-state index in [9.17, 15) is 9.59 Å². The zero-order chi connectivity index (χ0) is 15.5. The highest BCUT2D eigenvalue weighted by Gasteiger charge is 2.16. The number of nitrogens with one attached hydrogen (secondary N) is 2. The second-order valence-electron chi connectivity index (χ2n) is 5.47. The van der Waals surface area contributed by atoms with Crippen LogP contribution < -0.4 is 5.32 Å². The van der Waals surface area contributed by atoms with Gasteiger partial charge in [-0.15, -0.1) is 0 Å². The Morgan fingerprint density at radius 1 is 1.19 bits per heavy atom. The van der Waals surface area contributed by atoms with Crippen LogP contribution in [0.1, 0.15) is 37.0 Å². The first-order valence-electron chi connectivity index (χ1n) is 6.49. The molecule has 0 spiro atoms. The van der Waals surface area contributed by atoms with Crippen LogP contribution in [0.25, 0.3) is 0 Å². The summed E-state index contributed by atoms with van der Waals surface area (Å²) in [5, 5.41) is 2.60. The summed E-state index contributed by atoms with van der Waals surface area (Å²) in [6.45, 7) is 5.37. The van der Waals surface area contributed by atoms with Crippen LogP contribution in [-0.2, 0) is 4.74 Å². The number of benzene rings is 1. The van der Waals surface area contributed by atoms with Crippen LogP contribution in [-0.4, -0.2) is 27.4 Å². The van der Waals surface area contributed by atoms with Crippen molar-refractivity contribution >= 4 is 17.6 Å². The van der Waals surface area contributed by atoms with Crippen LogP contribution in [0.2, 0.25) is 0 Å². The maximum Gasteiger partial charge on any atom is 0.412 e. The first-order chi connectivity index (χ1) is 9.85. The first kappa shape index (κ1) is 14.8. The molecular weight excluding hydrogens is 270 g/mol. The summed E-state index contributed by atoms with van der Waals surface area (Å²) >= 11 is 0. The molecule has 2 rings (SSSR count). The Balaban J connectivity index is 2.02. The van der Waals surface area contributed by atoms with Gasteiger partial charge in [0.15, 0.2) is 5.82 Å². The number of H-pyrrole nitrogens is 1. The van der Waals surface area contributed by atoms with E-state index in [-0.39, 0.29) is 11.6 Å². The van der Waals surface area contributed by atoms with Crippen molar-refractivity contribution in [2.24, 2.45) is 0 Å². The van der Waals surface area contributed by atoms with Crippen molar-refractivity contribution in [3.8, 4) is 0 Å². The molecule has 110 valence electrons. The lowest BCUT2D eigenvalue weighted by Crippen LogP contribution is -2.27. The van der Waals surface area contributed by atoms with Crippen molar-refractivity contribution in [3.05, 3.63) is 48.0 Å². The standard InChI is InChI=1S/C15H17N3O3/c1-15(2,3)21-14(20)18-11-6-4-10(5-7-11)12(19)13-16-8-9-17-13/h4-9H,1-3H3,(H,16,17)(H,18,20). The fourth-order valence-electron chi connectivity index (χ4n) is 1.65. The minimum atomic E-state index is -0.556. The topological polar surface area (TPSA) is 84.1 Å². The molecule has 2 aromatic rings. The van der Waals surface area contributed by atoms with Gasteiger partial charge in [0.2, 0.25) is 5.78 Å². The van der Waals surface area contributed by atoms with Crippen LogP contribution >= 0.6 is 0 Å². The Morgan fingerprint density at radius 2 is 1.86 bits per heavy atom. The minimum absolute atomic E-state index is 0.205. The molecule has 0 aliphatic rings. The molecule has 0 radical (unpaired) electrons. The summed E-state index contributed by atoms with van der Waals surface area (Å²) in [6, 6.07) is 6.52. The third kappa shape index (κ3) is 4.17. The summed E-state index contributed by atoms with van der Waals surface area (Å²) in [4.78, 5) is 30.3. The van der Waals surface area contributed by atoms with E-state index in [1.165, 1.54) is 6.20 Å². The normalized spacial score (nSPS) is 11.0. The van der Waals surface area contributed by atoms with Gasteiger partial charge >= 0.3 is 6.09 Å². The Kier molecular flexibility index (Phi) is 4.07. The maximum atomic E-state index is 12.0. The monoisotopic (exact) mass is 287 g/mol. The van der Waals surface area contributed by atoms with Crippen molar-refractivity contribution in [2.75, 3.05) is 5.32 Å². The Hall–Kier alpha value is -2.63. The molecule has 1 amide bonds. The van der Waals surface area contributed by atoms with Gasteiger partial charge in [-0.2, -0.15) is 0 Å². The lowest BCUT2D eigenvalue weighted by atomic mass is 10.1. The lowest BCUT2D eigenvalue weighted by Gasteiger charge is -2.19. The molecule has 0 saturated carbocycles. The summed E-state index contributed by atoms with van der Waals surface area (Å²) in [7, 11) is 0. The third-order valence-electron chi connectivity index (χ3n) is 2.51. The third-order valence-corrected chi connectivity index (χ3v) is 2.51. The predicted molar refractivity (Wildman–Crippen MR) is 78.3 cm³/mol. The number of carbonyl (C=O) groups is 2. The van der Waals surface area contributed by atoms with E-state index in [1.54, 1.807) is 51.2 Å². The molecule has 0 aliphatic heterocycles. The van der Waals surface area contributed by atoms with Crippen molar-refractivity contribution in [1.82, 2.24) is 9.97 Å². The average Bonchev–Trinajstić information content (AvgIpc) is 2.90. The fraction of sp³-hybridized carbons (Fsp3) is 0.267. The van der Waals surface area contributed by atoms with Gasteiger partial charge in [-0.3, -0.25) is 10.1 Å². The Morgan fingerprint density at radius 3 is 2.38 bits per heavy atom. The quantitative estimate of drug-likeness (QED) is 0.850. The van der Waals surface area contributed by atoms with Gasteiger partial charge in [0.05, 0.1) is 0 Å². The van der Waals surface area contributed by atoms with Gasteiger partial charge in [0.1, 0.15) is 5.60 Å². The van der Waals surface area contributed by atoms with E-state index in [0.29, 0.717) is 11.3 Å². The van der Waals surface area contributed by atoms with Gasteiger partial charge < -0.3 is 9.72 Å². The van der Waals surface area contributed by atoms with Crippen molar-refractivity contribution < 1.29 is 14.3 Å². The molecular formula is C15H17N3O3. The van der Waals surface area contributed by atoms with Crippen molar-refractivity contribution in [1.29, 1.82) is 0 Å². The molecule has 0 bridgehead atoms. The highest BCUT2D eigenvalue weighted by molar-refractivity contribution is 6.06. The SMILES string of the molecule is CC(C)(C)OC(=O)Nc1ccc(C(=O)c2ncc[nH]2)cc1. The van der Waals surface area contributed by atoms with Gasteiger partial charge in [0, 0.05) is 23.6 Å². The molecule has 0 fully saturated rings. The van der Waals surface area contributed by atoms with Crippen molar-refractivity contribution in [2.45, 2.75) is 26.4 Å². The Bertz CT molecular complexity index is 625. The van der Waals surface area contributed by atoms with Crippen LogP contribution in [0, 0.1) is 0 Å². The molecule has 0 saturated heterocycles. The number of aromatic nitrogens is 2. The second kappa shape index (κ2) is 5.78. The number of ketones is 1. The molecule has 6 heteroatoms. The number of carbonyl (C=O) groups excluding carboxylic acids is 2. The molecule has 1 aromatic carbocycles.